The summed E-state index contributed by atoms with van der Waals surface area (Å²) in [6.45, 7) is 5.89. The number of nitrogens with one attached hydrogen (secondary N) is 2. The smallest absolute Gasteiger partial charge is 0.207 e. The van der Waals surface area contributed by atoms with E-state index in [1.165, 1.54) is 37.6 Å². The first-order valence-electron chi connectivity index (χ1n) is 11.0. The van der Waals surface area contributed by atoms with Gasteiger partial charge in [-0.1, -0.05) is 35.9 Å². The fourth-order valence-electron chi connectivity index (χ4n) is 4.16. The van der Waals surface area contributed by atoms with Gasteiger partial charge in [0.05, 0.1) is 5.02 Å². The molecule has 1 atom stereocenters. The highest BCUT2D eigenvalue weighted by Gasteiger charge is 2.20. The van der Waals surface area contributed by atoms with Crippen molar-refractivity contribution in [2.24, 2.45) is 0 Å². The third-order valence-electron chi connectivity index (χ3n) is 5.88. The van der Waals surface area contributed by atoms with Crippen LogP contribution in [-0.2, 0) is 11.3 Å². The van der Waals surface area contributed by atoms with E-state index in [0.717, 1.165) is 38.0 Å². The van der Waals surface area contributed by atoms with Gasteiger partial charge < -0.3 is 25.7 Å². The number of nitrogens with zero attached hydrogens (tertiary/aromatic N) is 1. The van der Waals surface area contributed by atoms with E-state index in [1.807, 2.05) is 0 Å². The number of hydrogen-bond acceptors (Lipinski definition) is 5. The molecule has 2 aromatic rings. The summed E-state index contributed by atoms with van der Waals surface area (Å²) in [5.41, 5.74) is 2.94. The molecule has 7 heteroatoms. The molecule has 1 amide bonds. The van der Waals surface area contributed by atoms with E-state index in [-0.39, 0.29) is 22.4 Å². The van der Waals surface area contributed by atoms with Crippen LogP contribution in [-0.4, -0.2) is 54.2 Å². The maximum atomic E-state index is 10.5. The summed E-state index contributed by atoms with van der Waals surface area (Å²) in [7, 11) is 0. The second-order valence-corrected chi connectivity index (χ2v) is 8.50. The number of halogens is 1. The number of phenolic OH excluding ortho intramolecular Hbond substituents is 2. The van der Waals surface area contributed by atoms with Gasteiger partial charge in [0, 0.05) is 43.7 Å². The minimum absolute atomic E-state index is 0.0166. The molecule has 0 saturated carbocycles. The average molecular weight is 446 g/mol. The first-order valence-corrected chi connectivity index (χ1v) is 11.4. The molecule has 1 saturated heterocycles. The lowest BCUT2D eigenvalue weighted by Gasteiger charge is -2.20. The van der Waals surface area contributed by atoms with Crippen molar-refractivity contribution in [2.75, 3.05) is 32.7 Å². The summed E-state index contributed by atoms with van der Waals surface area (Å²) in [6, 6.07) is 11.3. The molecule has 0 bridgehead atoms. The zero-order chi connectivity index (χ0) is 22.1. The summed E-state index contributed by atoms with van der Waals surface area (Å²) in [6.07, 6.45) is 4.80. The Labute approximate surface area is 189 Å². The van der Waals surface area contributed by atoms with Gasteiger partial charge in [-0.15, -0.1) is 0 Å². The van der Waals surface area contributed by atoms with Crippen LogP contribution >= 0.6 is 11.6 Å². The Kier molecular flexibility index (Phi) is 9.00. The molecule has 1 fully saturated rings. The molecule has 2 aromatic carbocycles. The molecule has 0 radical (unpaired) electrons. The molecule has 3 rings (SSSR count). The van der Waals surface area contributed by atoms with Crippen LogP contribution in [0.25, 0.3) is 0 Å². The van der Waals surface area contributed by atoms with Gasteiger partial charge in [-0.2, -0.15) is 0 Å². The quantitative estimate of drug-likeness (QED) is 0.296. The number of benzene rings is 2. The summed E-state index contributed by atoms with van der Waals surface area (Å²) in [5.74, 6) is -0.216. The number of likely N-dealkylation sites (tertiary alicyclic amines) is 1. The topological polar surface area (TPSA) is 84.8 Å². The highest BCUT2D eigenvalue weighted by molar-refractivity contribution is 6.32. The van der Waals surface area contributed by atoms with Crippen LogP contribution in [0, 0.1) is 0 Å². The Hall–Kier alpha value is -2.28. The summed E-state index contributed by atoms with van der Waals surface area (Å²) >= 11 is 6.11. The van der Waals surface area contributed by atoms with Gasteiger partial charge in [0.25, 0.3) is 0 Å². The van der Waals surface area contributed by atoms with Crippen molar-refractivity contribution in [2.45, 2.75) is 38.1 Å². The summed E-state index contributed by atoms with van der Waals surface area (Å²) in [4.78, 5) is 13.0. The Balaban J connectivity index is 1.65. The molecule has 0 spiro atoms. The molecule has 0 aromatic heterocycles. The van der Waals surface area contributed by atoms with Crippen LogP contribution in [0.5, 0.6) is 11.5 Å². The van der Waals surface area contributed by atoms with Crippen molar-refractivity contribution in [3.63, 3.8) is 0 Å². The molecular formula is C24H32ClN3O3. The van der Waals surface area contributed by atoms with E-state index in [2.05, 4.69) is 39.8 Å². The molecule has 4 N–H and O–H groups in total. The van der Waals surface area contributed by atoms with Crippen molar-refractivity contribution < 1.29 is 15.0 Å². The number of rotatable bonds is 12. The highest BCUT2D eigenvalue weighted by Crippen LogP contribution is 2.39. The predicted octanol–water partition coefficient (Wildman–Crippen LogP) is 3.59. The van der Waals surface area contributed by atoms with Crippen LogP contribution in [0.15, 0.2) is 36.4 Å². The second kappa shape index (κ2) is 11.9. The van der Waals surface area contributed by atoms with Gasteiger partial charge in [-0.05, 0) is 56.0 Å². The molecular weight excluding hydrogens is 414 g/mol. The highest BCUT2D eigenvalue weighted by atomic mass is 35.5. The van der Waals surface area contributed by atoms with Crippen LogP contribution < -0.4 is 10.6 Å². The number of phenols is 2. The van der Waals surface area contributed by atoms with Crippen LogP contribution in [0.3, 0.4) is 0 Å². The lowest BCUT2D eigenvalue weighted by Crippen LogP contribution is -2.29. The SMILES string of the molecule is O=CNCCCC(c1ccc(CNCCN2CCCC2)cc1)c1cc(Cl)c(O)cc1O. The molecule has 1 heterocycles. The second-order valence-electron chi connectivity index (χ2n) is 8.10. The van der Waals surface area contributed by atoms with Gasteiger partial charge in [-0.25, -0.2) is 0 Å². The van der Waals surface area contributed by atoms with Crippen molar-refractivity contribution in [3.05, 3.63) is 58.1 Å². The molecule has 0 aliphatic carbocycles. The minimum atomic E-state index is -0.139. The third kappa shape index (κ3) is 6.86. The van der Waals surface area contributed by atoms with Crippen LogP contribution in [0.2, 0.25) is 5.02 Å². The molecule has 168 valence electrons. The predicted molar refractivity (Wildman–Crippen MR) is 124 cm³/mol. The zero-order valence-corrected chi connectivity index (χ0v) is 18.6. The molecule has 1 aliphatic rings. The maximum absolute atomic E-state index is 10.5. The van der Waals surface area contributed by atoms with Gasteiger partial charge >= 0.3 is 0 Å². The summed E-state index contributed by atoms with van der Waals surface area (Å²) in [5, 5.41) is 26.6. The maximum Gasteiger partial charge on any atom is 0.207 e. The van der Waals surface area contributed by atoms with E-state index in [1.54, 1.807) is 6.07 Å². The zero-order valence-electron chi connectivity index (χ0n) is 17.8. The Bertz CT molecular complexity index is 839. The fraction of sp³-hybridized carbons (Fsp3) is 0.458. The average Bonchev–Trinajstić information content (AvgIpc) is 3.29. The minimum Gasteiger partial charge on any atom is -0.508 e. The third-order valence-corrected chi connectivity index (χ3v) is 6.19. The van der Waals surface area contributed by atoms with Crippen molar-refractivity contribution in [1.29, 1.82) is 0 Å². The fourth-order valence-corrected chi connectivity index (χ4v) is 4.33. The standard InChI is InChI=1S/C24H32ClN3O3/c25-22-14-21(23(30)15-24(22)31)20(4-3-9-27-17-29)19-7-5-18(6-8-19)16-26-10-13-28-11-1-2-12-28/h5-8,14-15,17,20,26,30-31H,1-4,9-13,16H2,(H,27,29). The Morgan fingerprint density at radius 3 is 2.52 bits per heavy atom. The van der Waals surface area contributed by atoms with E-state index >= 15 is 0 Å². The molecule has 1 unspecified atom stereocenters. The molecule has 1 aliphatic heterocycles. The Morgan fingerprint density at radius 1 is 1.06 bits per heavy atom. The van der Waals surface area contributed by atoms with Crippen molar-refractivity contribution >= 4 is 18.0 Å². The largest absolute Gasteiger partial charge is 0.508 e. The van der Waals surface area contributed by atoms with Gasteiger partial charge in [0.1, 0.15) is 11.5 Å². The van der Waals surface area contributed by atoms with E-state index in [9.17, 15) is 15.0 Å². The van der Waals surface area contributed by atoms with E-state index < -0.39 is 0 Å². The molecule has 6 nitrogen and oxygen atoms in total. The Morgan fingerprint density at radius 2 is 1.81 bits per heavy atom. The number of carbonyl (C=O) groups is 1. The van der Waals surface area contributed by atoms with Crippen molar-refractivity contribution in [3.8, 4) is 11.5 Å². The monoisotopic (exact) mass is 445 g/mol. The number of hydrogen-bond donors (Lipinski definition) is 4. The summed E-state index contributed by atoms with van der Waals surface area (Å²) < 4.78 is 0. The lowest BCUT2D eigenvalue weighted by molar-refractivity contribution is -0.109. The molecule has 31 heavy (non-hydrogen) atoms. The lowest BCUT2D eigenvalue weighted by atomic mass is 9.86. The first-order chi connectivity index (χ1) is 15.1. The van der Waals surface area contributed by atoms with Crippen LogP contribution in [0.1, 0.15) is 48.3 Å². The van der Waals surface area contributed by atoms with E-state index in [4.69, 9.17) is 11.6 Å². The number of carbonyl (C=O) groups excluding carboxylic acids is 1. The van der Waals surface area contributed by atoms with Gasteiger partial charge in [0.2, 0.25) is 6.41 Å². The number of amides is 1. The van der Waals surface area contributed by atoms with Gasteiger partial charge in [0.15, 0.2) is 0 Å². The van der Waals surface area contributed by atoms with Crippen LogP contribution in [0.4, 0.5) is 0 Å². The van der Waals surface area contributed by atoms with Crippen molar-refractivity contribution in [1.82, 2.24) is 15.5 Å². The normalized spacial score (nSPS) is 15.1. The first kappa shape index (κ1) is 23.4. The number of aromatic hydroxyl groups is 2. The van der Waals surface area contributed by atoms with Gasteiger partial charge in [-0.3, -0.25) is 4.79 Å². The van der Waals surface area contributed by atoms with E-state index in [0.29, 0.717) is 18.5 Å².